The highest BCUT2D eigenvalue weighted by molar-refractivity contribution is 6.06. The normalized spacial score (nSPS) is 14.8. The molecule has 1 aliphatic rings. The summed E-state index contributed by atoms with van der Waals surface area (Å²) < 4.78 is 1.75. The third kappa shape index (κ3) is 1.85. The van der Waals surface area contributed by atoms with Gasteiger partial charge < -0.3 is 9.88 Å². The SMILES string of the molecule is N#Cc1cnn(C2CN(C(=O)c3c[nH]c4ncccc34)C2)c1. The van der Waals surface area contributed by atoms with E-state index in [1.165, 1.54) is 6.20 Å². The number of fused-ring (bicyclic) bond motifs is 1. The zero-order valence-corrected chi connectivity index (χ0v) is 11.6. The predicted octanol–water partition coefficient (Wildman–Crippen LogP) is 1.33. The maximum atomic E-state index is 12.5. The van der Waals surface area contributed by atoms with Crippen LogP contribution in [0, 0.1) is 11.3 Å². The van der Waals surface area contributed by atoms with Crippen LogP contribution >= 0.6 is 0 Å². The number of carbonyl (C=O) groups excluding carboxylic acids is 1. The van der Waals surface area contributed by atoms with Crippen LogP contribution in [0.25, 0.3) is 11.0 Å². The van der Waals surface area contributed by atoms with E-state index in [1.807, 2.05) is 12.1 Å². The lowest BCUT2D eigenvalue weighted by atomic mass is 10.1. The summed E-state index contributed by atoms with van der Waals surface area (Å²) in [6.07, 6.45) is 6.64. The van der Waals surface area contributed by atoms with Crippen LogP contribution in [0.3, 0.4) is 0 Å². The van der Waals surface area contributed by atoms with Gasteiger partial charge in [-0.25, -0.2) is 4.98 Å². The van der Waals surface area contributed by atoms with Crippen LogP contribution in [0.1, 0.15) is 22.0 Å². The van der Waals surface area contributed by atoms with Gasteiger partial charge in [0.05, 0.1) is 23.4 Å². The van der Waals surface area contributed by atoms with Crippen LogP contribution in [0.5, 0.6) is 0 Å². The number of amides is 1. The second-order valence-electron chi connectivity index (χ2n) is 5.29. The number of nitriles is 1. The van der Waals surface area contributed by atoms with Crippen LogP contribution in [-0.2, 0) is 0 Å². The number of pyridine rings is 1. The number of H-pyrrole nitrogens is 1. The predicted molar refractivity (Wildman–Crippen MR) is 78.0 cm³/mol. The van der Waals surface area contributed by atoms with Gasteiger partial charge in [0.25, 0.3) is 5.91 Å². The van der Waals surface area contributed by atoms with Crippen molar-refractivity contribution < 1.29 is 4.79 Å². The van der Waals surface area contributed by atoms with E-state index in [1.54, 1.807) is 28.2 Å². The Morgan fingerprint density at radius 2 is 2.32 bits per heavy atom. The second-order valence-corrected chi connectivity index (χ2v) is 5.29. The molecule has 7 nitrogen and oxygen atoms in total. The van der Waals surface area contributed by atoms with E-state index in [4.69, 9.17) is 5.26 Å². The van der Waals surface area contributed by atoms with E-state index < -0.39 is 0 Å². The van der Waals surface area contributed by atoms with Gasteiger partial charge >= 0.3 is 0 Å². The first-order valence-corrected chi connectivity index (χ1v) is 6.92. The van der Waals surface area contributed by atoms with Crippen LogP contribution in [0.4, 0.5) is 0 Å². The molecular formula is C15H12N6O. The van der Waals surface area contributed by atoms with Crippen molar-refractivity contribution in [3.63, 3.8) is 0 Å². The molecular weight excluding hydrogens is 280 g/mol. The average Bonchev–Trinajstić information content (AvgIpc) is 3.12. The van der Waals surface area contributed by atoms with Crippen LogP contribution < -0.4 is 0 Å². The van der Waals surface area contributed by atoms with Gasteiger partial charge in [-0.2, -0.15) is 10.4 Å². The second kappa shape index (κ2) is 4.70. The molecule has 1 saturated heterocycles. The third-order valence-corrected chi connectivity index (χ3v) is 3.94. The highest BCUT2D eigenvalue weighted by atomic mass is 16.2. The Hall–Kier alpha value is -3.14. The summed E-state index contributed by atoms with van der Waals surface area (Å²) in [7, 11) is 0. The van der Waals surface area contributed by atoms with Crippen LogP contribution in [-0.4, -0.2) is 43.6 Å². The van der Waals surface area contributed by atoms with Crippen molar-refractivity contribution in [1.29, 1.82) is 5.26 Å². The number of hydrogen-bond acceptors (Lipinski definition) is 4. The van der Waals surface area contributed by atoms with Crippen molar-refractivity contribution in [2.24, 2.45) is 0 Å². The van der Waals surface area contributed by atoms with E-state index in [9.17, 15) is 4.79 Å². The Morgan fingerprint density at radius 1 is 1.45 bits per heavy atom. The molecule has 0 aliphatic carbocycles. The molecule has 1 fully saturated rings. The summed E-state index contributed by atoms with van der Waals surface area (Å²) in [5, 5.41) is 13.8. The van der Waals surface area contributed by atoms with Gasteiger partial charge in [0, 0.05) is 37.1 Å². The molecule has 0 saturated carbocycles. The maximum Gasteiger partial charge on any atom is 0.256 e. The van der Waals surface area contributed by atoms with Gasteiger partial charge in [-0.1, -0.05) is 0 Å². The number of nitrogens with zero attached hydrogens (tertiary/aromatic N) is 5. The van der Waals surface area contributed by atoms with Gasteiger partial charge in [0.1, 0.15) is 11.7 Å². The summed E-state index contributed by atoms with van der Waals surface area (Å²) in [5.74, 6) is -0.0110. The number of likely N-dealkylation sites (tertiary alicyclic amines) is 1. The van der Waals surface area contributed by atoms with Gasteiger partial charge in [0.2, 0.25) is 0 Å². The smallest absolute Gasteiger partial charge is 0.256 e. The standard InChI is InChI=1S/C15H12N6O/c16-4-10-5-19-21(7-10)11-8-20(9-11)15(22)13-6-18-14-12(13)2-1-3-17-14/h1-3,5-7,11H,8-9H2,(H,17,18). The van der Waals surface area contributed by atoms with Gasteiger partial charge in [0.15, 0.2) is 0 Å². The fourth-order valence-electron chi connectivity index (χ4n) is 2.69. The summed E-state index contributed by atoms with van der Waals surface area (Å²) in [6, 6.07) is 5.89. The minimum atomic E-state index is -0.0110. The molecule has 1 aliphatic heterocycles. The highest BCUT2D eigenvalue weighted by Crippen LogP contribution is 2.25. The van der Waals surface area contributed by atoms with Crippen LogP contribution in [0.15, 0.2) is 36.9 Å². The first-order chi connectivity index (χ1) is 10.8. The van der Waals surface area contributed by atoms with Crippen LogP contribution in [0.2, 0.25) is 0 Å². The third-order valence-electron chi connectivity index (χ3n) is 3.94. The average molecular weight is 292 g/mol. The fraction of sp³-hybridized carbons (Fsp3) is 0.200. The van der Waals surface area contributed by atoms with Gasteiger partial charge in [-0.15, -0.1) is 0 Å². The van der Waals surface area contributed by atoms with Gasteiger partial charge in [-0.05, 0) is 12.1 Å². The number of rotatable bonds is 2. The first kappa shape index (κ1) is 12.6. The minimum Gasteiger partial charge on any atom is -0.345 e. The number of hydrogen-bond donors (Lipinski definition) is 1. The zero-order valence-electron chi connectivity index (χ0n) is 11.6. The van der Waals surface area contributed by atoms with E-state index in [-0.39, 0.29) is 11.9 Å². The summed E-state index contributed by atoms with van der Waals surface area (Å²) in [6.45, 7) is 1.19. The topological polar surface area (TPSA) is 90.6 Å². The molecule has 0 atom stereocenters. The molecule has 3 aromatic heterocycles. The van der Waals surface area contributed by atoms with E-state index in [0.717, 1.165) is 5.39 Å². The lowest BCUT2D eigenvalue weighted by molar-refractivity contribution is 0.0503. The monoisotopic (exact) mass is 292 g/mol. The van der Waals surface area contributed by atoms with Crippen molar-refractivity contribution in [2.45, 2.75) is 6.04 Å². The Labute approximate surface area is 125 Å². The number of nitrogens with one attached hydrogen (secondary N) is 1. The fourth-order valence-corrected chi connectivity index (χ4v) is 2.69. The quantitative estimate of drug-likeness (QED) is 0.771. The zero-order chi connectivity index (χ0) is 15.1. The Bertz CT molecular complexity index is 896. The molecule has 0 spiro atoms. The number of aromatic nitrogens is 4. The molecule has 4 heterocycles. The number of aromatic amines is 1. The molecule has 0 bridgehead atoms. The largest absolute Gasteiger partial charge is 0.345 e. The molecule has 1 amide bonds. The van der Waals surface area contributed by atoms with Crippen molar-refractivity contribution >= 4 is 16.9 Å². The molecule has 1 N–H and O–H groups in total. The number of carbonyl (C=O) groups is 1. The van der Waals surface area contributed by atoms with Gasteiger partial charge in [-0.3, -0.25) is 9.48 Å². The van der Waals surface area contributed by atoms with Crippen molar-refractivity contribution in [3.8, 4) is 6.07 Å². The first-order valence-electron chi connectivity index (χ1n) is 6.92. The molecule has 3 aromatic rings. The lowest BCUT2D eigenvalue weighted by Crippen LogP contribution is -2.50. The summed E-state index contributed by atoms with van der Waals surface area (Å²) in [4.78, 5) is 21.5. The summed E-state index contributed by atoms with van der Waals surface area (Å²) >= 11 is 0. The molecule has 0 aromatic carbocycles. The van der Waals surface area contributed by atoms with E-state index in [0.29, 0.717) is 29.9 Å². The van der Waals surface area contributed by atoms with E-state index in [2.05, 4.69) is 21.1 Å². The van der Waals surface area contributed by atoms with Crippen molar-refractivity contribution in [3.05, 3.63) is 48.0 Å². The minimum absolute atomic E-state index is 0.0110. The Kier molecular flexibility index (Phi) is 2.69. The molecule has 4 rings (SSSR count). The Balaban J connectivity index is 1.51. The van der Waals surface area contributed by atoms with Crippen molar-refractivity contribution in [1.82, 2.24) is 24.6 Å². The molecule has 7 heteroatoms. The molecule has 0 radical (unpaired) electrons. The van der Waals surface area contributed by atoms with Crippen molar-refractivity contribution in [2.75, 3.05) is 13.1 Å². The summed E-state index contributed by atoms with van der Waals surface area (Å²) in [5.41, 5.74) is 1.89. The molecule has 108 valence electrons. The molecule has 0 unspecified atom stereocenters. The Morgan fingerprint density at radius 3 is 3.09 bits per heavy atom. The maximum absolute atomic E-state index is 12.5. The lowest BCUT2D eigenvalue weighted by Gasteiger charge is -2.39. The highest BCUT2D eigenvalue weighted by Gasteiger charge is 2.33. The molecule has 22 heavy (non-hydrogen) atoms. The van der Waals surface area contributed by atoms with E-state index >= 15 is 0 Å².